The molecule has 0 unspecified atom stereocenters. The van der Waals surface area contributed by atoms with E-state index in [0.29, 0.717) is 17.4 Å². The summed E-state index contributed by atoms with van der Waals surface area (Å²) in [5, 5.41) is 22.3. The van der Waals surface area contributed by atoms with E-state index in [1.54, 1.807) is 0 Å². The topological polar surface area (TPSA) is 69.5 Å². The van der Waals surface area contributed by atoms with Gasteiger partial charge in [-0.3, -0.25) is 4.90 Å². The molecule has 1 heterocycles. The third-order valence-electron chi connectivity index (χ3n) is 2.34. The van der Waals surface area contributed by atoms with E-state index >= 15 is 0 Å². The summed E-state index contributed by atoms with van der Waals surface area (Å²) < 4.78 is 4.33. The molecule has 0 aromatic carbocycles. The molecule has 0 bridgehead atoms. The zero-order valence-corrected chi connectivity index (χ0v) is 10.9. The van der Waals surface area contributed by atoms with Crippen LogP contribution in [-0.4, -0.2) is 51.5 Å². The molecule has 0 saturated carbocycles. The fourth-order valence-corrected chi connectivity index (χ4v) is 2.02. The molecule has 0 atom stereocenters. The molecule has 5 nitrogen and oxygen atoms in total. The average Bonchev–Trinajstić information content (AvgIpc) is 2.64. The summed E-state index contributed by atoms with van der Waals surface area (Å²) in [6.45, 7) is 2.83. The van der Waals surface area contributed by atoms with Gasteiger partial charge in [0.25, 0.3) is 0 Å². The van der Waals surface area contributed by atoms with Crippen molar-refractivity contribution in [2.75, 3.05) is 26.8 Å². The summed E-state index contributed by atoms with van der Waals surface area (Å²) in [6.07, 6.45) is 0. The molecular weight excluding hydrogens is 250 g/mol. The smallest absolute Gasteiger partial charge is 0.138 e. The number of hydrogen-bond donors (Lipinski definition) is 2. The molecule has 1 aromatic heterocycles. The summed E-state index contributed by atoms with van der Waals surface area (Å²) in [5.74, 6) is 0. The van der Waals surface area contributed by atoms with Crippen LogP contribution in [0, 0.1) is 5.41 Å². The van der Waals surface area contributed by atoms with E-state index < -0.39 is 5.41 Å². The van der Waals surface area contributed by atoms with Gasteiger partial charge in [-0.2, -0.15) is 0 Å². The molecule has 92 valence electrons. The maximum absolute atomic E-state index is 9.18. The van der Waals surface area contributed by atoms with Crippen molar-refractivity contribution in [3.63, 3.8) is 0 Å². The highest BCUT2D eigenvalue weighted by Crippen LogP contribution is 2.21. The van der Waals surface area contributed by atoms with E-state index in [9.17, 15) is 10.2 Å². The van der Waals surface area contributed by atoms with Crippen molar-refractivity contribution >= 4 is 23.1 Å². The number of rotatable bonds is 6. The fourth-order valence-electron chi connectivity index (χ4n) is 1.40. The first-order chi connectivity index (χ1) is 7.50. The zero-order chi connectivity index (χ0) is 12.2. The Balaban J connectivity index is 2.53. The Kier molecular flexibility index (Phi) is 5.07. The van der Waals surface area contributed by atoms with Gasteiger partial charge in [0, 0.05) is 30.0 Å². The number of halogens is 1. The maximum atomic E-state index is 9.18. The second-order valence-corrected chi connectivity index (χ2v) is 5.65. The van der Waals surface area contributed by atoms with Gasteiger partial charge in [0.2, 0.25) is 0 Å². The Morgan fingerprint density at radius 2 is 2.06 bits per heavy atom. The lowest BCUT2D eigenvalue weighted by atomic mass is 9.92. The molecule has 0 radical (unpaired) electrons. The van der Waals surface area contributed by atoms with Crippen LogP contribution in [0.2, 0.25) is 4.34 Å². The van der Waals surface area contributed by atoms with E-state index in [4.69, 9.17) is 11.6 Å². The molecule has 0 spiro atoms. The van der Waals surface area contributed by atoms with Crippen molar-refractivity contribution in [1.82, 2.24) is 14.5 Å². The van der Waals surface area contributed by atoms with Crippen LogP contribution in [0.1, 0.15) is 12.6 Å². The van der Waals surface area contributed by atoms with Gasteiger partial charge >= 0.3 is 0 Å². The molecule has 2 N–H and O–H groups in total. The summed E-state index contributed by atoms with van der Waals surface area (Å²) in [6, 6.07) is 0. The van der Waals surface area contributed by atoms with Crippen LogP contribution in [0.5, 0.6) is 0 Å². The fraction of sp³-hybridized carbons (Fsp3) is 0.778. The van der Waals surface area contributed by atoms with E-state index in [1.165, 1.54) is 0 Å². The number of aromatic nitrogens is 2. The Hall–Kier alpha value is -0.270. The molecule has 1 aromatic rings. The van der Waals surface area contributed by atoms with Crippen molar-refractivity contribution in [3.05, 3.63) is 10.0 Å². The van der Waals surface area contributed by atoms with Crippen LogP contribution >= 0.6 is 23.1 Å². The highest BCUT2D eigenvalue weighted by Gasteiger charge is 2.24. The molecule has 16 heavy (non-hydrogen) atoms. The molecule has 0 aliphatic rings. The monoisotopic (exact) mass is 265 g/mol. The lowest BCUT2D eigenvalue weighted by Crippen LogP contribution is -2.38. The first-order valence-corrected chi connectivity index (χ1v) is 6.03. The van der Waals surface area contributed by atoms with Crippen LogP contribution in [0.15, 0.2) is 0 Å². The number of aliphatic hydroxyl groups excluding tert-OH is 2. The lowest BCUT2D eigenvalue weighted by Gasteiger charge is -2.29. The van der Waals surface area contributed by atoms with Gasteiger partial charge in [0.15, 0.2) is 0 Å². The van der Waals surface area contributed by atoms with Crippen LogP contribution < -0.4 is 0 Å². The largest absolute Gasteiger partial charge is 0.396 e. The Morgan fingerprint density at radius 3 is 2.50 bits per heavy atom. The van der Waals surface area contributed by atoms with Crippen molar-refractivity contribution < 1.29 is 10.2 Å². The van der Waals surface area contributed by atoms with Crippen LogP contribution in [0.25, 0.3) is 0 Å². The normalized spacial score (nSPS) is 12.4. The maximum Gasteiger partial charge on any atom is 0.138 e. The van der Waals surface area contributed by atoms with Gasteiger partial charge in [-0.25, -0.2) is 0 Å². The molecular formula is C9H16ClN3O2S. The van der Waals surface area contributed by atoms with Gasteiger partial charge in [-0.05, 0) is 7.05 Å². The number of aliphatic hydroxyl groups is 2. The van der Waals surface area contributed by atoms with Gasteiger partial charge in [0.1, 0.15) is 10.0 Å². The zero-order valence-electron chi connectivity index (χ0n) is 9.35. The molecule has 0 fully saturated rings. The molecule has 0 aliphatic carbocycles. The van der Waals surface area contributed by atoms with Crippen molar-refractivity contribution in [2.45, 2.75) is 13.5 Å². The van der Waals surface area contributed by atoms with E-state index in [0.717, 1.165) is 17.2 Å². The van der Waals surface area contributed by atoms with Gasteiger partial charge in [0.05, 0.1) is 13.2 Å². The summed E-state index contributed by atoms with van der Waals surface area (Å²) in [7, 11) is 1.89. The number of nitrogens with zero attached hydrogens (tertiary/aromatic N) is 3. The highest BCUT2D eigenvalue weighted by molar-refractivity contribution is 7.10. The first kappa shape index (κ1) is 13.8. The van der Waals surface area contributed by atoms with E-state index in [2.05, 4.69) is 9.59 Å². The minimum Gasteiger partial charge on any atom is -0.396 e. The standard InChI is InChI=1S/C9H16ClN3O2S/c1-9(5-14,6-15)4-13(2)3-7-8(10)16-12-11-7/h14-15H,3-6H2,1-2H3. The summed E-state index contributed by atoms with van der Waals surface area (Å²) in [4.78, 5) is 1.95. The van der Waals surface area contributed by atoms with Crippen LogP contribution in [-0.2, 0) is 6.54 Å². The van der Waals surface area contributed by atoms with Crippen molar-refractivity contribution in [1.29, 1.82) is 0 Å². The average molecular weight is 266 g/mol. The molecule has 0 amide bonds. The molecule has 0 aliphatic heterocycles. The molecule has 7 heteroatoms. The Morgan fingerprint density at radius 1 is 1.44 bits per heavy atom. The van der Waals surface area contributed by atoms with Crippen molar-refractivity contribution in [3.8, 4) is 0 Å². The minimum absolute atomic E-state index is 0.0586. The minimum atomic E-state index is -0.509. The number of hydrogen-bond acceptors (Lipinski definition) is 6. The quantitative estimate of drug-likeness (QED) is 0.789. The molecule has 0 saturated heterocycles. The third-order valence-corrected chi connectivity index (χ3v) is 3.33. The Bertz CT molecular complexity index is 330. The second kappa shape index (κ2) is 5.88. The van der Waals surface area contributed by atoms with Crippen LogP contribution in [0.3, 0.4) is 0 Å². The summed E-state index contributed by atoms with van der Waals surface area (Å²) in [5.41, 5.74) is 0.220. The second-order valence-electron chi connectivity index (χ2n) is 4.29. The molecule has 1 rings (SSSR count). The highest BCUT2D eigenvalue weighted by atomic mass is 35.5. The summed E-state index contributed by atoms with van der Waals surface area (Å²) >= 11 is 7.05. The van der Waals surface area contributed by atoms with Crippen LogP contribution in [0.4, 0.5) is 0 Å². The van der Waals surface area contributed by atoms with Crippen molar-refractivity contribution in [2.24, 2.45) is 5.41 Å². The lowest BCUT2D eigenvalue weighted by molar-refractivity contribution is 0.0399. The van der Waals surface area contributed by atoms with E-state index in [1.807, 2.05) is 18.9 Å². The van der Waals surface area contributed by atoms with Gasteiger partial charge in [-0.1, -0.05) is 23.0 Å². The predicted octanol–water partition coefficient (Wildman–Crippen LogP) is 0.614. The first-order valence-electron chi connectivity index (χ1n) is 4.88. The SMILES string of the molecule is CN(Cc1nnsc1Cl)CC(C)(CO)CO. The predicted molar refractivity (Wildman–Crippen MR) is 63.5 cm³/mol. The van der Waals surface area contributed by atoms with Gasteiger partial charge in [-0.15, -0.1) is 5.10 Å². The Labute approximate surface area is 104 Å². The third kappa shape index (κ3) is 3.64. The van der Waals surface area contributed by atoms with E-state index in [-0.39, 0.29) is 13.2 Å². The van der Waals surface area contributed by atoms with Gasteiger partial charge < -0.3 is 10.2 Å².